The molecular weight excluding hydrogens is 490 g/mol. The summed E-state index contributed by atoms with van der Waals surface area (Å²) in [5.41, 5.74) is 2.48. The summed E-state index contributed by atoms with van der Waals surface area (Å²) in [6.45, 7) is 5.74. The van der Waals surface area contributed by atoms with E-state index in [4.69, 9.17) is 9.47 Å². The standard InChI is InChI=1S/C33H29NO5/c1-21(2)38-26-18-16-23(17-19-26)31(35)29-30(34(33(37)32(29)36)28-15-8-7-10-22(28)3)24-11-9-14-27(20-24)39-25-12-5-4-6-13-25/h4-21,30,35H,1-3H3/b31-29-. The van der Waals surface area contributed by atoms with E-state index in [0.29, 0.717) is 34.1 Å². The van der Waals surface area contributed by atoms with Crippen molar-refractivity contribution in [3.8, 4) is 17.2 Å². The number of rotatable bonds is 7. The molecule has 1 unspecified atom stereocenters. The largest absolute Gasteiger partial charge is 0.507 e. The van der Waals surface area contributed by atoms with Gasteiger partial charge in [0.15, 0.2) is 0 Å². The summed E-state index contributed by atoms with van der Waals surface area (Å²) < 4.78 is 11.8. The summed E-state index contributed by atoms with van der Waals surface area (Å²) in [6, 6.07) is 29.9. The number of carbonyl (C=O) groups is 2. The van der Waals surface area contributed by atoms with Crippen molar-refractivity contribution in [2.75, 3.05) is 4.90 Å². The van der Waals surface area contributed by atoms with Gasteiger partial charge in [0.05, 0.1) is 17.7 Å². The van der Waals surface area contributed by atoms with Crippen LogP contribution in [0.3, 0.4) is 0 Å². The number of aliphatic hydroxyl groups is 1. The van der Waals surface area contributed by atoms with Crippen LogP contribution < -0.4 is 14.4 Å². The second-order valence-electron chi connectivity index (χ2n) is 9.63. The van der Waals surface area contributed by atoms with Crippen molar-refractivity contribution in [2.24, 2.45) is 0 Å². The third-order valence-electron chi connectivity index (χ3n) is 6.47. The van der Waals surface area contributed by atoms with E-state index in [1.807, 2.05) is 87.5 Å². The molecule has 1 saturated heterocycles. The monoisotopic (exact) mass is 519 g/mol. The SMILES string of the molecule is Cc1ccccc1N1C(=O)C(=O)/C(=C(\O)c2ccc(OC(C)C)cc2)C1c1cccc(Oc2ccccc2)c1. The van der Waals surface area contributed by atoms with Crippen LogP contribution in [0.4, 0.5) is 5.69 Å². The maximum Gasteiger partial charge on any atom is 0.300 e. The molecule has 0 spiro atoms. The molecule has 0 saturated carbocycles. The smallest absolute Gasteiger partial charge is 0.300 e. The van der Waals surface area contributed by atoms with Crippen molar-refractivity contribution in [3.63, 3.8) is 0 Å². The van der Waals surface area contributed by atoms with Crippen LogP contribution in [0, 0.1) is 6.92 Å². The number of anilines is 1. The molecule has 1 atom stereocenters. The molecule has 0 radical (unpaired) electrons. The fourth-order valence-electron chi connectivity index (χ4n) is 4.72. The van der Waals surface area contributed by atoms with Gasteiger partial charge in [-0.2, -0.15) is 0 Å². The Labute approximate surface area is 227 Å². The van der Waals surface area contributed by atoms with Crippen molar-refractivity contribution in [1.82, 2.24) is 0 Å². The maximum absolute atomic E-state index is 13.5. The van der Waals surface area contributed by atoms with Crippen LogP contribution in [0.15, 0.2) is 109 Å². The zero-order valence-electron chi connectivity index (χ0n) is 22.0. The summed E-state index contributed by atoms with van der Waals surface area (Å²) in [7, 11) is 0. The molecule has 39 heavy (non-hydrogen) atoms. The maximum atomic E-state index is 13.5. The molecule has 4 aromatic carbocycles. The van der Waals surface area contributed by atoms with E-state index in [-0.39, 0.29) is 17.4 Å². The van der Waals surface area contributed by atoms with Crippen LogP contribution in [0.2, 0.25) is 0 Å². The Morgan fingerprint density at radius 3 is 2.15 bits per heavy atom. The minimum atomic E-state index is -0.864. The molecule has 1 amide bonds. The van der Waals surface area contributed by atoms with E-state index in [2.05, 4.69) is 0 Å². The molecule has 1 heterocycles. The summed E-state index contributed by atoms with van der Waals surface area (Å²) >= 11 is 0. The number of para-hydroxylation sites is 2. The minimum Gasteiger partial charge on any atom is -0.507 e. The van der Waals surface area contributed by atoms with Gasteiger partial charge in [0.2, 0.25) is 0 Å². The quantitative estimate of drug-likeness (QED) is 0.159. The first-order valence-electron chi connectivity index (χ1n) is 12.8. The first-order chi connectivity index (χ1) is 18.8. The predicted molar refractivity (Wildman–Crippen MR) is 151 cm³/mol. The fourth-order valence-corrected chi connectivity index (χ4v) is 4.72. The Balaban J connectivity index is 1.64. The molecule has 196 valence electrons. The van der Waals surface area contributed by atoms with E-state index < -0.39 is 17.7 Å². The summed E-state index contributed by atoms with van der Waals surface area (Å²) in [6.07, 6.45) is -0.00531. The lowest BCUT2D eigenvalue weighted by Crippen LogP contribution is -2.30. The lowest BCUT2D eigenvalue weighted by molar-refractivity contribution is -0.132. The molecule has 0 bridgehead atoms. The van der Waals surface area contributed by atoms with Crippen molar-refractivity contribution in [1.29, 1.82) is 0 Å². The van der Waals surface area contributed by atoms with Crippen LogP contribution in [0.25, 0.3) is 5.76 Å². The van der Waals surface area contributed by atoms with Crippen molar-refractivity contribution < 1.29 is 24.2 Å². The van der Waals surface area contributed by atoms with Crippen LogP contribution >= 0.6 is 0 Å². The van der Waals surface area contributed by atoms with Crippen LogP contribution in [0.5, 0.6) is 17.2 Å². The average Bonchev–Trinajstić information content (AvgIpc) is 3.19. The Morgan fingerprint density at radius 1 is 0.795 bits per heavy atom. The Hall–Kier alpha value is -4.84. The number of aliphatic hydroxyl groups excluding tert-OH is 1. The van der Waals surface area contributed by atoms with Crippen LogP contribution in [0.1, 0.15) is 36.6 Å². The number of hydrogen-bond acceptors (Lipinski definition) is 5. The van der Waals surface area contributed by atoms with E-state index >= 15 is 0 Å². The van der Waals surface area contributed by atoms with Crippen molar-refractivity contribution >= 4 is 23.1 Å². The summed E-state index contributed by atoms with van der Waals surface area (Å²) in [5.74, 6) is 0.141. The van der Waals surface area contributed by atoms with E-state index in [9.17, 15) is 14.7 Å². The highest BCUT2D eigenvalue weighted by molar-refractivity contribution is 6.51. The van der Waals surface area contributed by atoms with Crippen molar-refractivity contribution in [3.05, 3.63) is 125 Å². The van der Waals surface area contributed by atoms with Gasteiger partial charge >= 0.3 is 0 Å². The van der Waals surface area contributed by atoms with Gasteiger partial charge in [-0.1, -0.05) is 48.5 Å². The van der Waals surface area contributed by atoms with Crippen molar-refractivity contribution in [2.45, 2.75) is 32.9 Å². The highest BCUT2D eigenvalue weighted by Gasteiger charge is 2.47. The normalized spacial score (nSPS) is 16.5. The lowest BCUT2D eigenvalue weighted by Gasteiger charge is -2.27. The lowest BCUT2D eigenvalue weighted by atomic mass is 9.94. The van der Waals surface area contributed by atoms with E-state index in [1.54, 1.807) is 36.4 Å². The van der Waals surface area contributed by atoms with Gasteiger partial charge in [0.25, 0.3) is 11.7 Å². The summed E-state index contributed by atoms with van der Waals surface area (Å²) in [4.78, 5) is 28.5. The topological polar surface area (TPSA) is 76.1 Å². The molecule has 1 N–H and O–H groups in total. The molecule has 6 heteroatoms. The number of Topliss-reactive ketones (excluding diaryl/α,β-unsaturated/α-hetero) is 1. The fraction of sp³-hybridized carbons (Fsp3) is 0.152. The Bertz CT molecular complexity index is 1540. The molecule has 1 aliphatic rings. The molecule has 4 aromatic rings. The van der Waals surface area contributed by atoms with Gasteiger partial charge in [0.1, 0.15) is 23.0 Å². The number of benzene rings is 4. The summed E-state index contributed by atoms with van der Waals surface area (Å²) in [5, 5.41) is 11.5. The Kier molecular flexibility index (Phi) is 7.19. The first-order valence-corrected chi connectivity index (χ1v) is 12.8. The molecule has 5 rings (SSSR count). The van der Waals surface area contributed by atoms with Crippen LogP contribution in [-0.2, 0) is 9.59 Å². The van der Waals surface area contributed by atoms with Gasteiger partial charge in [0, 0.05) is 11.3 Å². The average molecular weight is 520 g/mol. The third kappa shape index (κ3) is 5.27. The van der Waals surface area contributed by atoms with Gasteiger partial charge in [-0.05, 0) is 86.5 Å². The second kappa shape index (κ2) is 10.9. The van der Waals surface area contributed by atoms with Crippen LogP contribution in [-0.4, -0.2) is 22.9 Å². The molecule has 0 aliphatic carbocycles. The first kappa shape index (κ1) is 25.8. The third-order valence-corrected chi connectivity index (χ3v) is 6.47. The second-order valence-corrected chi connectivity index (χ2v) is 9.63. The number of ketones is 1. The minimum absolute atomic E-state index is 0.00531. The zero-order chi connectivity index (χ0) is 27.5. The molecule has 1 fully saturated rings. The van der Waals surface area contributed by atoms with Gasteiger partial charge < -0.3 is 14.6 Å². The van der Waals surface area contributed by atoms with Gasteiger partial charge in [-0.3, -0.25) is 14.5 Å². The number of hydrogen-bond donors (Lipinski definition) is 1. The zero-order valence-corrected chi connectivity index (χ0v) is 22.0. The number of amides is 1. The predicted octanol–water partition coefficient (Wildman–Crippen LogP) is 7.20. The molecule has 0 aromatic heterocycles. The van der Waals surface area contributed by atoms with E-state index in [1.165, 1.54) is 4.90 Å². The highest BCUT2D eigenvalue weighted by Crippen LogP contribution is 2.44. The number of aryl methyl sites for hydroxylation is 1. The number of ether oxygens (including phenoxy) is 2. The highest BCUT2D eigenvalue weighted by atomic mass is 16.5. The van der Waals surface area contributed by atoms with E-state index in [0.717, 1.165) is 5.56 Å². The number of carbonyl (C=O) groups excluding carboxylic acids is 2. The molecular formula is C33H29NO5. The number of nitrogens with zero attached hydrogens (tertiary/aromatic N) is 1. The molecule has 1 aliphatic heterocycles. The Morgan fingerprint density at radius 2 is 1.46 bits per heavy atom. The van der Waals surface area contributed by atoms with Gasteiger partial charge in [-0.25, -0.2) is 0 Å². The van der Waals surface area contributed by atoms with Gasteiger partial charge in [-0.15, -0.1) is 0 Å². The molecule has 6 nitrogen and oxygen atoms in total.